The van der Waals surface area contributed by atoms with Crippen LogP contribution in [-0.2, 0) is 38.4 Å². The molecule has 2 saturated heterocycles. The van der Waals surface area contributed by atoms with Crippen LogP contribution in [0.25, 0.3) is 0 Å². The monoisotopic (exact) mass is 736 g/mol. The first-order valence-corrected chi connectivity index (χ1v) is 18.6. The zero-order chi connectivity index (χ0) is 39.0. The van der Waals surface area contributed by atoms with Crippen molar-refractivity contribution in [3.05, 3.63) is 0 Å². The number of amides is 8. The molecule has 52 heavy (non-hydrogen) atoms. The SMILES string of the molecule is CCCCCCCCCC(=O)N1CCC[C@H]1C(=O)N[C@H](C(=O)N[C@@H](C)C(=O)N[C@@H](CC(N)=O)C(=O)N[C@@H](C)C(=O)N1CCC[C@H]1C(=O)NC)[C@H](C)O. The van der Waals surface area contributed by atoms with Crippen LogP contribution in [0.1, 0.15) is 111 Å². The number of primary amides is 1. The molecule has 0 aliphatic carbocycles. The Hall–Kier alpha value is -4.28. The molecule has 17 nitrogen and oxygen atoms in total. The van der Waals surface area contributed by atoms with Crippen molar-refractivity contribution in [2.45, 2.75) is 154 Å². The van der Waals surface area contributed by atoms with Gasteiger partial charge in [0, 0.05) is 26.6 Å². The van der Waals surface area contributed by atoms with Gasteiger partial charge in [-0.05, 0) is 52.9 Å². The number of hydrogen-bond acceptors (Lipinski definition) is 9. The highest BCUT2D eigenvalue weighted by molar-refractivity contribution is 5.98. The summed E-state index contributed by atoms with van der Waals surface area (Å²) >= 11 is 0. The van der Waals surface area contributed by atoms with E-state index in [1.807, 2.05) is 0 Å². The molecule has 0 radical (unpaired) electrons. The van der Waals surface area contributed by atoms with E-state index in [0.717, 1.165) is 32.1 Å². The highest BCUT2D eigenvalue weighted by atomic mass is 16.3. The first-order valence-electron chi connectivity index (χ1n) is 18.6. The van der Waals surface area contributed by atoms with Gasteiger partial charge in [0.05, 0.1) is 12.5 Å². The second-order valence-corrected chi connectivity index (χ2v) is 13.8. The fraction of sp³-hybridized carbons (Fsp3) is 0.771. The third-order valence-corrected chi connectivity index (χ3v) is 9.54. The lowest BCUT2D eigenvalue weighted by molar-refractivity contribution is -0.141. The third kappa shape index (κ3) is 13.4. The smallest absolute Gasteiger partial charge is 0.245 e. The minimum Gasteiger partial charge on any atom is -0.391 e. The molecule has 2 aliphatic rings. The summed E-state index contributed by atoms with van der Waals surface area (Å²) in [6.45, 7) is 6.89. The lowest BCUT2D eigenvalue weighted by Gasteiger charge is -2.29. The normalized spacial score (nSPS) is 19.8. The van der Waals surface area contributed by atoms with Gasteiger partial charge in [0.25, 0.3) is 0 Å². The summed E-state index contributed by atoms with van der Waals surface area (Å²) in [5.41, 5.74) is 5.32. The Morgan fingerprint density at radius 3 is 1.85 bits per heavy atom. The first-order chi connectivity index (χ1) is 24.6. The first kappa shape index (κ1) is 43.9. The Morgan fingerprint density at radius 1 is 0.712 bits per heavy atom. The predicted octanol–water partition coefficient (Wildman–Crippen LogP) is -0.910. The third-order valence-electron chi connectivity index (χ3n) is 9.54. The summed E-state index contributed by atoms with van der Waals surface area (Å²) in [6, 6.07) is -6.87. The average molecular weight is 737 g/mol. The summed E-state index contributed by atoms with van der Waals surface area (Å²) < 4.78 is 0. The Kier molecular flexibility index (Phi) is 18.5. The van der Waals surface area contributed by atoms with E-state index in [2.05, 4.69) is 33.5 Å². The Bertz CT molecular complexity index is 1280. The number of carbonyl (C=O) groups excluding carboxylic acids is 8. The molecule has 2 fully saturated rings. The van der Waals surface area contributed by atoms with Gasteiger partial charge in [0.2, 0.25) is 47.3 Å². The second kappa shape index (κ2) is 21.9. The maximum absolute atomic E-state index is 13.3. The van der Waals surface area contributed by atoms with Crippen LogP contribution in [0.4, 0.5) is 0 Å². The number of likely N-dealkylation sites (tertiary alicyclic amines) is 2. The van der Waals surface area contributed by atoms with Gasteiger partial charge in [-0.1, -0.05) is 45.4 Å². The fourth-order valence-corrected chi connectivity index (χ4v) is 6.54. The number of likely N-dealkylation sites (N-methyl/N-ethyl adjacent to an activating group) is 1. The van der Waals surface area contributed by atoms with E-state index >= 15 is 0 Å². The van der Waals surface area contributed by atoms with E-state index in [1.54, 1.807) is 0 Å². The number of carbonyl (C=O) groups is 8. The summed E-state index contributed by atoms with van der Waals surface area (Å²) in [4.78, 5) is 106. The molecule has 17 heteroatoms. The van der Waals surface area contributed by atoms with Crippen LogP contribution in [0.3, 0.4) is 0 Å². The van der Waals surface area contributed by atoms with E-state index in [9.17, 15) is 43.5 Å². The largest absolute Gasteiger partial charge is 0.391 e. The van der Waals surface area contributed by atoms with Crippen LogP contribution in [0, 0.1) is 0 Å². The highest BCUT2D eigenvalue weighted by Crippen LogP contribution is 2.21. The molecule has 0 aromatic heterocycles. The van der Waals surface area contributed by atoms with Gasteiger partial charge in [0.1, 0.15) is 36.3 Å². The molecule has 8 N–H and O–H groups in total. The fourth-order valence-electron chi connectivity index (χ4n) is 6.54. The molecule has 0 aromatic rings. The van der Waals surface area contributed by atoms with Crippen LogP contribution in [0.15, 0.2) is 0 Å². The summed E-state index contributed by atoms with van der Waals surface area (Å²) in [5.74, 6) is -5.17. The zero-order valence-electron chi connectivity index (χ0n) is 31.3. The number of nitrogens with zero attached hydrogens (tertiary/aromatic N) is 2. The van der Waals surface area contributed by atoms with Crippen LogP contribution < -0.4 is 32.3 Å². The van der Waals surface area contributed by atoms with Crippen LogP contribution in [-0.4, -0.2) is 125 Å². The highest BCUT2D eigenvalue weighted by Gasteiger charge is 2.39. The van der Waals surface area contributed by atoms with Gasteiger partial charge in [-0.15, -0.1) is 0 Å². The molecule has 294 valence electrons. The summed E-state index contributed by atoms with van der Waals surface area (Å²) in [7, 11) is 1.46. The Morgan fingerprint density at radius 2 is 1.27 bits per heavy atom. The van der Waals surface area contributed by atoms with Crippen molar-refractivity contribution in [1.82, 2.24) is 36.4 Å². The molecule has 0 saturated carbocycles. The molecule has 0 spiro atoms. The molecule has 2 rings (SSSR count). The molecule has 2 heterocycles. The molecule has 0 aromatic carbocycles. The topological polar surface area (TPSA) is 249 Å². The van der Waals surface area contributed by atoms with Gasteiger partial charge in [-0.2, -0.15) is 0 Å². The lowest BCUT2D eigenvalue weighted by Crippen LogP contribution is -2.60. The van der Waals surface area contributed by atoms with Crippen molar-refractivity contribution in [3.8, 4) is 0 Å². The van der Waals surface area contributed by atoms with Crippen molar-refractivity contribution in [3.63, 3.8) is 0 Å². The minimum atomic E-state index is -1.51. The molecule has 8 amide bonds. The van der Waals surface area contributed by atoms with Crippen LogP contribution in [0.2, 0.25) is 0 Å². The Balaban J connectivity index is 1.97. The molecule has 2 aliphatic heterocycles. The average Bonchev–Trinajstić information content (AvgIpc) is 3.79. The van der Waals surface area contributed by atoms with Gasteiger partial charge in [-0.25, -0.2) is 0 Å². The van der Waals surface area contributed by atoms with Gasteiger partial charge >= 0.3 is 0 Å². The minimum absolute atomic E-state index is 0.132. The van der Waals surface area contributed by atoms with Gasteiger partial charge in [0.15, 0.2) is 0 Å². The number of rotatable bonds is 21. The molecular weight excluding hydrogens is 676 g/mol. The maximum atomic E-state index is 13.3. The Labute approximate surface area is 306 Å². The number of aliphatic hydroxyl groups is 1. The van der Waals surface area contributed by atoms with Crippen molar-refractivity contribution in [1.29, 1.82) is 0 Å². The van der Waals surface area contributed by atoms with E-state index < -0.39 is 84.2 Å². The van der Waals surface area contributed by atoms with Gasteiger partial charge < -0.3 is 47.2 Å². The van der Waals surface area contributed by atoms with Crippen molar-refractivity contribution < 1.29 is 43.5 Å². The standard InChI is InChI=1S/C35H60N8O9/c1-6-7-8-9-10-11-12-17-28(46)42-18-13-16-26(42)33(50)41-29(23(4)44)34(51)38-21(2)30(47)40-24(20-27(36)45)31(48)39-22(3)35(52)43-19-14-15-25(43)32(49)37-5/h21-26,29,44H,6-20H2,1-5H3,(H2,36,45)(H,37,49)(H,38,51)(H,39,48)(H,40,47)(H,41,50)/t21-,22-,23-,24-,25-,26-,29-/m0/s1. The van der Waals surface area contributed by atoms with E-state index in [1.165, 1.54) is 50.5 Å². The number of unbranched alkanes of at least 4 members (excludes halogenated alkanes) is 6. The molecule has 0 unspecified atom stereocenters. The van der Waals surface area contributed by atoms with E-state index in [-0.39, 0.29) is 11.8 Å². The number of nitrogens with one attached hydrogen (secondary N) is 5. The lowest BCUT2D eigenvalue weighted by atomic mass is 10.1. The molecule has 7 atom stereocenters. The van der Waals surface area contributed by atoms with Crippen molar-refractivity contribution in [2.75, 3.05) is 20.1 Å². The summed E-state index contributed by atoms with van der Waals surface area (Å²) in [5, 5.41) is 22.7. The van der Waals surface area contributed by atoms with E-state index in [0.29, 0.717) is 45.2 Å². The predicted molar refractivity (Wildman–Crippen MR) is 191 cm³/mol. The number of nitrogens with two attached hydrogens (primary N) is 1. The second-order valence-electron chi connectivity index (χ2n) is 13.8. The number of aliphatic hydroxyl groups excluding tert-OH is 1. The van der Waals surface area contributed by atoms with Crippen LogP contribution in [0.5, 0.6) is 0 Å². The summed E-state index contributed by atoms with van der Waals surface area (Å²) in [6.07, 6.45) is 7.81. The van der Waals surface area contributed by atoms with Crippen LogP contribution >= 0.6 is 0 Å². The quantitative estimate of drug-likeness (QED) is 0.0720. The molecular formula is C35H60N8O9. The molecule has 0 bridgehead atoms. The number of hydrogen-bond donors (Lipinski definition) is 7. The maximum Gasteiger partial charge on any atom is 0.245 e. The van der Waals surface area contributed by atoms with E-state index in [4.69, 9.17) is 5.73 Å². The van der Waals surface area contributed by atoms with Crippen molar-refractivity contribution in [2.24, 2.45) is 5.73 Å². The van der Waals surface area contributed by atoms with Crippen molar-refractivity contribution >= 4 is 47.3 Å². The zero-order valence-corrected chi connectivity index (χ0v) is 31.3. The van der Waals surface area contributed by atoms with Gasteiger partial charge in [-0.3, -0.25) is 38.4 Å².